The highest BCUT2D eigenvalue weighted by molar-refractivity contribution is 5.92. The molecule has 1 fully saturated rings. The predicted octanol–water partition coefficient (Wildman–Crippen LogP) is 5.57. The third-order valence-corrected chi connectivity index (χ3v) is 6.67. The minimum atomic E-state index is -0.357. The molecule has 1 atom stereocenters. The van der Waals surface area contributed by atoms with Gasteiger partial charge in [-0.1, -0.05) is 103 Å². The molecule has 0 unspecified atom stereocenters. The fourth-order valence-corrected chi connectivity index (χ4v) is 4.61. The van der Waals surface area contributed by atoms with Gasteiger partial charge in [-0.25, -0.2) is 0 Å². The minimum Gasteiger partial charge on any atom is -0.496 e. The number of primary amides is 1. The number of aliphatic imine (C=N–C) groups is 1. The molecule has 0 spiro atoms. The standard InChI is InChI=1S/C17H28N2.C11H15N3O2.2C2H6.CH3NO/c1-13(10-11-14-6-3-2-4-7-14)15-8-5-9-16(12-15)17(18)19;1-7-5-8(3-4-9(7)16-2)6-10(15)14-11(12)13;2*1-2;2-1-3/h5,8-9,12-14,17H,2-4,6-7,10-11,18-19H2,1H3;3-5H,6H2,1-2H3,(H4,12,13,14,15);2*1-2H3;1H,(H2,2,3)/t13-;;;;/m1..../s1. The van der Waals surface area contributed by atoms with Gasteiger partial charge in [-0.15, -0.1) is 0 Å². The van der Waals surface area contributed by atoms with Crippen molar-refractivity contribution < 1.29 is 14.3 Å². The van der Waals surface area contributed by atoms with Crippen LogP contribution in [0.2, 0.25) is 0 Å². The fraction of sp³-hybridized carbons (Fsp3) is 0.545. The number of methoxy groups -OCH3 is 1. The van der Waals surface area contributed by atoms with Crippen LogP contribution in [0.3, 0.4) is 0 Å². The monoisotopic (exact) mass is 586 g/mol. The molecule has 10 N–H and O–H groups in total. The van der Waals surface area contributed by atoms with Gasteiger partial charge in [0.05, 0.1) is 19.7 Å². The second-order valence-corrected chi connectivity index (χ2v) is 9.73. The Morgan fingerprint density at radius 2 is 1.57 bits per heavy atom. The first-order chi connectivity index (χ1) is 20.1. The van der Waals surface area contributed by atoms with Gasteiger partial charge in [0.1, 0.15) is 5.75 Å². The van der Waals surface area contributed by atoms with Crippen molar-refractivity contribution in [2.24, 2.45) is 39.6 Å². The fourth-order valence-electron chi connectivity index (χ4n) is 4.61. The summed E-state index contributed by atoms with van der Waals surface area (Å²) in [6.07, 6.45) is 9.96. The van der Waals surface area contributed by atoms with Crippen LogP contribution in [0.25, 0.3) is 0 Å². The average molecular weight is 587 g/mol. The number of hydrogen-bond donors (Lipinski definition) is 5. The van der Waals surface area contributed by atoms with E-state index in [1.165, 1.54) is 50.5 Å². The molecule has 2 aromatic rings. The van der Waals surface area contributed by atoms with Crippen LogP contribution in [-0.4, -0.2) is 25.4 Å². The lowest BCUT2D eigenvalue weighted by Crippen LogP contribution is -2.24. The molecule has 9 nitrogen and oxygen atoms in total. The summed E-state index contributed by atoms with van der Waals surface area (Å²) in [5, 5.41) is 0. The molecule has 1 aliphatic carbocycles. The summed E-state index contributed by atoms with van der Waals surface area (Å²) in [6.45, 7) is 12.2. The largest absolute Gasteiger partial charge is 0.496 e. The summed E-state index contributed by atoms with van der Waals surface area (Å²) in [7, 11) is 1.60. The first-order valence-electron chi connectivity index (χ1n) is 15.1. The Kier molecular flexibility index (Phi) is 24.5. The summed E-state index contributed by atoms with van der Waals surface area (Å²) >= 11 is 0. The van der Waals surface area contributed by atoms with E-state index in [4.69, 9.17) is 32.5 Å². The Balaban J connectivity index is 0. The lowest BCUT2D eigenvalue weighted by atomic mass is 9.83. The van der Waals surface area contributed by atoms with Crippen molar-refractivity contribution in [3.05, 3.63) is 64.7 Å². The number of nitrogens with zero attached hydrogens (tertiary/aromatic N) is 1. The van der Waals surface area contributed by atoms with Gasteiger partial charge in [0, 0.05) is 0 Å². The first-order valence-corrected chi connectivity index (χ1v) is 15.1. The molecule has 42 heavy (non-hydrogen) atoms. The quantitative estimate of drug-likeness (QED) is 0.116. The number of benzene rings is 2. The van der Waals surface area contributed by atoms with E-state index in [2.05, 4.69) is 35.8 Å². The Morgan fingerprint density at radius 3 is 2.07 bits per heavy atom. The summed E-state index contributed by atoms with van der Waals surface area (Å²) in [5.74, 6) is 1.80. The number of carbonyl (C=O) groups is 2. The highest BCUT2D eigenvalue weighted by atomic mass is 16.5. The number of hydrogen-bond acceptors (Lipinski definition) is 5. The van der Waals surface area contributed by atoms with Crippen LogP contribution in [0.4, 0.5) is 0 Å². The Bertz CT molecular complexity index is 1020. The third-order valence-electron chi connectivity index (χ3n) is 6.67. The van der Waals surface area contributed by atoms with Crippen molar-refractivity contribution in [2.45, 2.75) is 105 Å². The van der Waals surface area contributed by atoms with Gasteiger partial charge < -0.3 is 33.4 Å². The lowest BCUT2D eigenvalue weighted by Gasteiger charge is -2.23. The molecule has 0 radical (unpaired) electrons. The molecule has 2 aromatic carbocycles. The predicted molar refractivity (Wildman–Crippen MR) is 177 cm³/mol. The number of aryl methyl sites for hydroxylation is 1. The SMILES string of the molecule is CC.CC.COc1ccc(CC(=O)N=C(N)N)cc1C.C[C@H](CCC1CCCCC1)c1cccc(C(N)N)c1.NC=O. The Labute approximate surface area is 254 Å². The van der Waals surface area contributed by atoms with Crippen LogP contribution in [0.1, 0.15) is 114 Å². The summed E-state index contributed by atoms with van der Waals surface area (Å²) in [6, 6.07) is 14.0. The molecular formula is C33H58N6O3. The third kappa shape index (κ3) is 18.1. The van der Waals surface area contributed by atoms with E-state index < -0.39 is 0 Å². The van der Waals surface area contributed by atoms with Gasteiger partial charge in [0.25, 0.3) is 5.91 Å². The van der Waals surface area contributed by atoms with Crippen molar-refractivity contribution in [1.29, 1.82) is 0 Å². The van der Waals surface area contributed by atoms with E-state index >= 15 is 0 Å². The van der Waals surface area contributed by atoms with Gasteiger partial charge in [-0.05, 0) is 59.9 Å². The summed E-state index contributed by atoms with van der Waals surface area (Å²) < 4.78 is 5.12. The second kappa shape index (κ2) is 25.3. The van der Waals surface area contributed by atoms with Gasteiger partial charge >= 0.3 is 0 Å². The number of guanidine groups is 1. The lowest BCUT2D eigenvalue weighted by molar-refractivity contribution is -0.117. The maximum atomic E-state index is 11.3. The normalized spacial score (nSPS) is 12.7. The number of nitrogens with two attached hydrogens (primary N) is 5. The zero-order chi connectivity index (χ0) is 32.5. The maximum Gasteiger partial charge on any atom is 0.253 e. The zero-order valence-corrected chi connectivity index (χ0v) is 27.1. The van der Waals surface area contributed by atoms with E-state index in [1.54, 1.807) is 7.11 Å². The summed E-state index contributed by atoms with van der Waals surface area (Å²) in [4.78, 5) is 23.3. The molecule has 0 heterocycles. The Hall–Kier alpha value is -3.43. The smallest absolute Gasteiger partial charge is 0.253 e. The van der Waals surface area contributed by atoms with Crippen molar-refractivity contribution >= 4 is 18.3 Å². The number of amides is 2. The van der Waals surface area contributed by atoms with Gasteiger partial charge in [-0.3, -0.25) is 9.59 Å². The molecule has 0 saturated heterocycles. The van der Waals surface area contributed by atoms with Crippen LogP contribution in [0.15, 0.2) is 47.5 Å². The van der Waals surface area contributed by atoms with Crippen molar-refractivity contribution in [1.82, 2.24) is 0 Å². The van der Waals surface area contributed by atoms with E-state index in [-0.39, 0.29) is 30.9 Å². The maximum absolute atomic E-state index is 11.3. The van der Waals surface area contributed by atoms with E-state index in [1.807, 2.05) is 58.9 Å². The molecular weight excluding hydrogens is 528 g/mol. The Morgan fingerprint density at radius 1 is 1.00 bits per heavy atom. The number of rotatable bonds is 8. The molecule has 1 aliphatic rings. The molecule has 0 aliphatic heterocycles. The molecule has 0 aromatic heterocycles. The summed E-state index contributed by atoms with van der Waals surface area (Å²) in [5.41, 5.74) is 30.1. The molecule has 2 amide bonds. The molecule has 0 bridgehead atoms. The van der Waals surface area contributed by atoms with Gasteiger partial charge in [-0.2, -0.15) is 4.99 Å². The van der Waals surface area contributed by atoms with Crippen molar-refractivity contribution in [3.8, 4) is 5.75 Å². The van der Waals surface area contributed by atoms with E-state index in [0.29, 0.717) is 5.92 Å². The van der Waals surface area contributed by atoms with Crippen LogP contribution in [0, 0.1) is 12.8 Å². The van der Waals surface area contributed by atoms with Crippen LogP contribution >= 0.6 is 0 Å². The molecule has 1 saturated carbocycles. The topological polar surface area (TPSA) is 186 Å². The highest BCUT2D eigenvalue weighted by Crippen LogP contribution is 2.31. The van der Waals surface area contributed by atoms with Crippen molar-refractivity contribution in [3.63, 3.8) is 0 Å². The molecule has 3 rings (SSSR count). The van der Waals surface area contributed by atoms with Gasteiger partial charge in [0.15, 0.2) is 5.96 Å². The zero-order valence-electron chi connectivity index (χ0n) is 27.1. The molecule has 238 valence electrons. The van der Waals surface area contributed by atoms with Crippen LogP contribution in [-0.2, 0) is 16.0 Å². The number of carbonyl (C=O) groups excluding carboxylic acids is 2. The second-order valence-electron chi connectivity index (χ2n) is 9.73. The highest BCUT2D eigenvalue weighted by Gasteiger charge is 2.15. The van der Waals surface area contributed by atoms with Crippen LogP contribution in [0.5, 0.6) is 5.75 Å². The minimum absolute atomic E-state index is 0.183. The van der Waals surface area contributed by atoms with E-state index in [0.717, 1.165) is 28.4 Å². The average Bonchev–Trinajstić information content (AvgIpc) is 2.99. The molecule has 9 heteroatoms. The first kappa shape index (κ1) is 40.7. The van der Waals surface area contributed by atoms with Crippen molar-refractivity contribution in [2.75, 3.05) is 7.11 Å². The van der Waals surface area contributed by atoms with Crippen LogP contribution < -0.4 is 33.4 Å². The number of ether oxygens (including phenoxy) is 1. The van der Waals surface area contributed by atoms with E-state index in [9.17, 15) is 4.79 Å². The van der Waals surface area contributed by atoms with Gasteiger partial charge in [0.2, 0.25) is 6.41 Å².